The molecule has 1 atom stereocenters. The van der Waals surface area contributed by atoms with Gasteiger partial charge in [-0.2, -0.15) is 0 Å². The van der Waals surface area contributed by atoms with Crippen molar-refractivity contribution in [3.63, 3.8) is 0 Å². The number of carboxylic acid groups (broad SMARTS) is 1. The minimum atomic E-state index is -1.51. The molecule has 0 amide bonds. The second-order valence-electron chi connectivity index (χ2n) is 3.96. The van der Waals surface area contributed by atoms with E-state index in [-0.39, 0.29) is 0 Å². The summed E-state index contributed by atoms with van der Waals surface area (Å²) < 4.78 is 1.82. The molecule has 1 heterocycles. The Hall–Kier alpha value is -1.52. The second kappa shape index (κ2) is 4.05. The van der Waals surface area contributed by atoms with Crippen LogP contribution in [0.4, 0.5) is 0 Å². The highest BCUT2D eigenvalue weighted by atomic mass is 35.5. The van der Waals surface area contributed by atoms with E-state index in [1.807, 2.05) is 11.6 Å². The first-order valence-electron chi connectivity index (χ1n) is 5.08. The first-order chi connectivity index (χ1) is 7.93. The Kier molecular flexibility index (Phi) is 2.85. The van der Waals surface area contributed by atoms with Gasteiger partial charge in [-0.25, -0.2) is 4.79 Å². The summed E-state index contributed by atoms with van der Waals surface area (Å²) >= 11 is 5.90. The SMILES string of the molecule is Cc1c(C(O)C(=O)O)c2ccc(Cl)cc2n1C. The number of nitrogens with zero attached hydrogens (tertiary/aromatic N) is 1. The summed E-state index contributed by atoms with van der Waals surface area (Å²) in [5.41, 5.74) is 1.95. The third-order valence-electron chi connectivity index (χ3n) is 3.01. The summed E-state index contributed by atoms with van der Waals surface area (Å²) in [7, 11) is 1.81. The van der Waals surface area contributed by atoms with Gasteiger partial charge in [-0.05, 0) is 19.1 Å². The molecule has 2 aromatic rings. The minimum absolute atomic E-state index is 0.423. The van der Waals surface area contributed by atoms with Gasteiger partial charge in [-0.3, -0.25) is 0 Å². The number of hydrogen-bond donors (Lipinski definition) is 2. The largest absolute Gasteiger partial charge is 0.479 e. The molecule has 17 heavy (non-hydrogen) atoms. The van der Waals surface area contributed by atoms with Crippen LogP contribution in [0, 0.1) is 6.92 Å². The van der Waals surface area contributed by atoms with Gasteiger partial charge in [0.15, 0.2) is 6.10 Å². The van der Waals surface area contributed by atoms with Crippen molar-refractivity contribution in [2.75, 3.05) is 0 Å². The minimum Gasteiger partial charge on any atom is -0.479 e. The first-order valence-corrected chi connectivity index (χ1v) is 5.46. The van der Waals surface area contributed by atoms with Gasteiger partial charge >= 0.3 is 5.97 Å². The van der Waals surface area contributed by atoms with Crippen LogP contribution in [0.3, 0.4) is 0 Å². The van der Waals surface area contributed by atoms with E-state index in [0.717, 1.165) is 11.2 Å². The quantitative estimate of drug-likeness (QED) is 0.863. The zero-order valence-corrected chi connectivity index (χ0v) is 10.2. The van der Waals surface area contributed by atoms with Gasteiger partial charge in [0.25, 0.3) is 0 Å². The van der Waals surface area contributed by atoms with Crippen molar-refractivity contribution in [1.82, 2.24) is 4.57 Å². The van der Waals surface area contributed by atoms with Crippen LogP contribution in [-0.2, 0) is 11.8 Å². The molecule has 0 bridgehead atoms. The molecule has 0 saturated carbocycles. The molecular formula is C12H12ClNO3. The van der Waals surface area contributed by atoms with Gasteiger partial charge in [0.05, 0.1) is 0 Å². The summed E-state index contributed by atoms with van der Waals surface area (Å²) in [4.78, 5) is 10.9. The lowest BCUT2D eigenvalue weighted by atomic mass is 10.1. The van der Waals surface area contributed by atoms with E-state index in [2.05, 4.69) is 0 Å². The average molecular weight is 254 g/mol. The zero-order valence-electron chi connectivity index (χ0n) is 9.44. The van der Waals surface area contributed by atoms with Gasteiger partial charge in [0.1, 0.15) is 0 Å². The van der Waals surface area contributed by atoms with E-state index in [9.17, 15) is 9.90 Å². The maximum atomic E-state index is 10.9. The van der Waals surface area contributed by atoms with E-state index in [4.69, 9.17) is 16.7 Å². The fourth-order valence-electron chi connectivity index (χ4n) is 2.03. The van der Waals surface area contributed by atoms with Crippen LogP contribution in [0.2, 0.25) is 5.02 Å². The van der Waals surface area contributed by atoms with Crippen molar-refractivity contribution in [3.8, 4) is 0 Å². The number of halogens is 1. The van der Waals surface area contributed by atoms with Crippen LogP contribution >= 0.6 is 11.6 Å². The Morgan fingerprint density at radius 1 is 1.47 bits per heavy atom. The Labute approximate surface area is 103 Å². The van der Waals surface area contributed by atoms with E-state index in [1.54, 1.807) is 25.1 Å². The van der Waals surface area contributed by atoms with Gasteiger partial charge in [0.2, 0.25) is 0 Å². The van der Waals surface area contributed by atoms with Crippen molar-refractivity contribution in [2.45, 2.75) is 13.0 Å². The Morgan fingerprint density at radius 2 is 2.12 bits per heavy atom. The number of aliphatic hydroxyl groups excluding tert-OH is 1. The molecule has 0 aliphatic rings. The molecule has 0 radical (unpaired) electrons. The zero-order chi connectivity index (χ0) is 12.7. The molecule has 2 rings (SSSR count). The van der Waals surface area contributed by atoms with E-state index in [0.29, 0.717) is 16.0 Å². The predicted octanol–water partition coefficient (Wildman–Crippen LogP) is 2.26. The van der Waals surface area contributed by atoms with Crippen molar-refractivity contribution in [1.29, 1.82) is 0 Å². The van der Waals surface area contributed by atoms with Crippen LogP contribution in [-0.4, -0.2) is 20.7 Å². The lowest BCUT2D eigenvalue weighted by Crippen LogP contribution is -2.11. The molecule has 0 fully saturated rings. The van der Waals surface area contributed by atoms with E-state index in [1.165, 1.54) is 0 Å². The summed E-state index contributed by atoms with van der Waals surface area (Å²) in [6, 6.07) is 5.16. The average Bonchev–Trinajstić information content (AvgIpc) is 2.51. The number of aromatic nitrogens is 1. The molecule has 1 aromatic carbocycles. The second-order valence-corrected chi connectivity index (χ2v) is 4.40. The molecule has 1 aromatic heterocycles. The van der Waals surface area contributed by atoms with E-state index >= 15 is 0 Å². The predicted molar refractivity (Wildman–Crippen MR) is 65.3 cm³/mol. The number of aliphatic carboxylic acids is 1. The third-order valence-corrected chi connectivity index (χ3v) is 3.25. The lowest BCUT2D eigenvalue weighted by molar-refractivity contribution is -0.146. The maximum absolute atomic E-state index is 10.9. The highest BCUT2D eigenvalue weighted by Crippen LogP contribution is 2.31. The van der Waals surface area contributed by atoms with Gasteiger partial charge < -0.3 is 14.8 Å². The number of aryl methyl sites for hydroxylation is 1. The smallest absolute Gasteiger partial charge is 0.337 e. The normalized spacial score (nSPS) is 12.9. The van der Waals surface area contributed by atoms with Crippen molar-refractivity contribution >= 4 is 28.5 Å². The maximum Gasteiger partial charge on any atom is 0.337 e. The molecular weight excluding hydrogens is 242 g/mol. The van der Waals surface area contributed by atoms with Crippen LogP contribution in [0.1, 0.15) is 17.4 Å². The number of carboxylic acids is 1. The van der Waals surface area contributed by atoms with Crippen LogP contribution in [0.5, 0.6) is 0 Å². The number of rotatable bonds is 2. The van der Waals surface area contributed by atoms with Crippen LogP contribution < -0.4 is 0 Å². The van der Waals surface area contributed by atoms with Gasteiger partial charge in [0, 0.05) is 34.2 Å². The number of carbonyl (C=O) groups is 1. The Bertz CT molecular complexity index is 603. The molecule has 0 aliphatic heterocycles. The lowest BCUT2D eigenvalue weighted by Gasteiger charge is -2.06. The van der Waals surface area contributed by atoms with Crippen molar-refractivity contribution < 1.29 is 15.0 Å². The fraction of sp³-hybridized carbons (Fsp3) is 0.250. The number of hydrogen-bond acceptors (Lipinski definition) is 2. The van der Waals surface area contributed by atoms with E-state index < -0.39 is 12.1 Å². The first kappa shape index (κ1) is 12.0. The molecule has 0 saturated heterocycles. The van der Waals surface area contributed by atoms with Crippen LogP contribution in [0.15, 0.2) is 18.2 Å². The van der Waals surface area contributed by atoms with Crippen LogP contribution in [0.25, 0.3) is 10.9 Å². The number of benzene rings is 1. The Balaban J connectivity index is 2.80. The van der Waals surface area contributed by atoms with Gasteiger partial charge in [-0.1, -0.05) is 17.7 Å². The molecule has 4 nitrogen and oxygen atoms in total. The Morgan fingerprint density at radius 3 is 2.71 bits per heavy atom. The number of fused-ring (bicyclic) bond motifs is 1. The summed E-state index contributed by atoms with van der Waals surface area (Å²) in [5, 5.41) is 19.9. The molecule has 1 unspecified atom stereocenters. The summed E-state index contributed by atoms with van der Waals surface area (Å²) in [6.07, 6.45) is -1.51. The molecule has 5 heteroatoms. The highest BCUT2D eigenvalue weighted by Gasteiger charge is 2.24. The van der Waals surface area contributed by atoms with Crippen molar-refractivity contribution in [3.05, 3.63) is 34.5 Å². The third kappa shape index (κ3) is 1.79. The monoisotopic (exact) mass is 253 g/mol. The molecule has 2 N–H and O–H groups in total. The fourth-order valence-corrected chi connectivity index (χ4v) is 2.20. The molecule has 90 valence electrons. The standard InChI is InChI=1S/C12H12ClNO3/c1-6-10(11(15)12(16)17)8-4-3-7(13)5-9(8)14(6)2/h3-5,11,15H,1-2H3,(H,16,17). The molecule has 0 aliphatic carbocycles. The topological polar surface area (TPSA) is 62.5 Å². The van der Waals surface area contributed by atoms with Crippen molar-refractivity contribution in [2.24, 2.45) is 7.05 Å². The summed E-state index contributed by atoms with van der Waals surface area (Å²) in [5.74, 6) is -1.25. The molecule has 0 spiro atoms. The highest BCUT2D eigenvalue weighted by molar-refractivity contribution is 6.31. The summed E-state index contributed by atoms with van der Waals surface area (Å²) in [6.45, 7) is 1.77. The van der Waals surface area contributed by atoms with Gasteiger partial charge in [-0.15, -0.1) is 0 Å². The number of aliphatic hydroxyl groups is 1.